The van der Waals surface area contributed by atoms with Gasteiger partial charge in [0.1, 0.15) is 16.5 Å². The van der Waals surface area contributed by atoms with Gasteiger partial charge in [-0.25, -0.2) is 9.37 Å². The Labute approximate surface area is 193 Å². The predicted molar refractivity (Wildman–Crippen MR) is 129 cm³/mol. The molecule has 2 aromatic carbocycles. The number of aromatic amines is 1. The summed E-state index contributed by atoms with van der Waals surface area (Å²) >= 11 is 2.84. The summed E-state index contributed by atoms with van der Waals surface area (Å²) in [6.45, 7) is 3.67. The summed E-state index contributed by atoms with van der Waals surface area (Å²) in [6.07, 6.45) is 0. The second-order valence-electron chi connectivity index (χ2n) is 7.44. The van der Waals surface area contributed by atoms with Crippen molar-refractivity contribution in [2.45, 2.75) is 30.9 Å². The van der Waals surface area contributed by atoms with Gasteiger partial charge in [0.2, 0.25) is 5.91 Å². The molecule has 2 N–H and O–H groups in total. The number of carbonyl (C=O) groups is 1. The highest BCUT2D eigenvalue weighted by molar-refractivity contribution is 7.99. The zero-order valence-electron chi connectivity index (χ0n) is 17.6. The van der Waals surface area contributed by atoms with Crippen molar-refractivity contribution in [3.05, 3.63) is 87.5 Å². The Morgan fingerprint density at radius 3 is 2.59 bits per heavy atom. The molecule has 2 aromatic heterocycles. The van der Waals surface area contributed by atoms with E-state index in [0.29, 0.717) is 21.8 Å². The summed E-state index contributed by atoms with van der Waals surface area (Å²) in [6, 6.07) is 15.6. The van der Waals surface area contributed by atoms with Crippen LogP contribution in [0.25, 0.3) is 21.3 Å². The number of thioether (sulfide) groups is 1. The molecule has 2 atom stereocenters. The fraction of sp³-hybridized carbons (Fsp3) is 0.208. The molecule has 2 heterocycles. The molecule has 4 rings (SSSR count). The van der Waals surface area contributed by atoms with E-state index in [4.69, 9.17) is 0 Å². The molecule has 0 spiro atoms. The Bertz CT molecular complexity index is 1290. The van der Waals surface area contributed by atoms with Gasteiger partial charge in [0, 0.05) is 10.9 Å². The molecule has 0 aliphatic heterocycles. The van der Waals surface area contributed by atoms with Crippen molar-refractivity contribution in [3.63, 3.8) is 0 Å². The van der Waals surface area contributed by atoms with E-state index >= 15 is 0 Å². The summed E-state index contributed by atoms with van der Waals surface area (Å²) < 4.78 is 13.1. The van der Waals surface area contributed by atoms with E-state index in [0.717, 1.165) is 16.7 Å². The molecule has 5 nitrogen and oxygen atoms in total. The maximum absolute atomic E-state index is 13.1. The highest BCUT2D eigenvalue weighted by atomic mass is 32.2. The number of hydrogen-bond donors (Lipinski definition) is 2. The molecule has 0 fully saturated rings. The van der Waals surface area contributed by atoms with Crippen molar-refractivity contribution in [3.8, 4) is 11.1 Å². The van der Waals surface area contributed by atoms with Gasteiger partial charge in [0.05, 0.1) is 22.4 Å². The van der Waals surface area contributed by atoms with Gasteiger partial charge in [-0.15, -0.1) is 23.1 Å². The lowest BCUT2D eigenvalue weighted by atomic mass is 10.1. The van der Waals surface area contributed by atoms with Gasteiger partial charge in [-0.2, -0.15) is 0 Å². The summed E-state index contributed by atoms with van der Waals surface area (Å²) in [5.74, 6) is 0.512. The van der Waals surface area contributed by atoms with Gasteiger partial charge < -0.3 is 10.3 Å². The second-order valence-corrected chi connectivity index (χ2v) is 9.63. The van der Waals surface area contributed by atoms with Gasteiger partial charge in [-0.3, -0.25) is 9.59 Å². The molecule has 4 aromatic rings. The molecule has 0 saturated heterocycles. The second kappa shape index (κ2) is 9.67. The molecule has 32 heavy (non-hydrogen) atoms. The zero-order valence-corrected chi connectivity index (χ0v) is 19.2. The third kappa shape index (κ3) is 4.92. The normalized spacial score (nSPS) is 13.1. The van der Waals surface area contributed by atoms with Crippen LogP contribution >= 0.6 is 23.1 Å². The summed E-state index contributed by atoms with van der Waals surface area (Å²) in [7, 11) is 0. The Hall–Kier alpha value is -2.97. The Kier molecular flexibility index (Phi) is 6.72. The van der Waals surface area contributed by atoms with Crippen LogP contribution in [-0.4, -0.2) is 21.1 Å². The van der Waals surface area contributed by atoms with Crippen LogP contribution < -0.4 is 10.9 Å². The monoisotopic (exact) mass is 467 g/mol. The number of nitrogens with one attached hydrogen (secondary N) is 2. The van der Waals surface area contributed by atoms with Crippen molar-refractivity contribution in [2.24, 2.45) is 0 Å². The number of halogens is 1. The van der Waals surface area contributed by atoms with Gasteiger partial charge >= 0.3 is 0 Å². The lowest BCUT2D eigenvalue weighted by molar-refractivity contribution is -0.120. The Morgan fingerprint density at radius 1 is 1.16 bits per heavy atom. The van der Waals surface area contributed by atoms with Crippen LogP contribution in [0.1, 0.15) is 31.3 Å². The van der Waals surface area contributed by atoms with Crippen LogP contribution in [-0.2, 0) is 10.5 Å². The topological polar surface area (TPSA) is 74.8 Å². The number of amides is 1. The molecule has 0 aliphatic rings. The maximum Gasteiger partial charge on any atom is 0.260 e. The van der Waals surface area contributed by atoms with Crippen LogP contribution in [0.3, 0.4) is 0 Å². The lowest BCUT2D eigenvalue weighted by Gasteiger charge is -2.17. The number of benzene rings is 2. The lowest BCUT2D eigenvalue weighted by Crippen LogP contribution is -2.33. The number of nitrogens with zero attached hydrogens (tertiary/aromatic N) is 1. The molecule has 164 valence electrons. The van der Waals surface area contributed by atoms with E-state index in [2.05, 4.69) is 15.3 Å². The largest absolute Gasteiger partial charge is 0.349 e. The highest BCUT2D eigenvalue weighted by Gasteiger charge is 2.18. The van der Waals surface area contributed by atoms with Crippen LogP contribution in [0.4, 0.5) is 4.39 Å². The van der Waals surface area contributed by atoms with Crippen molar-refractivity contribution < 1.29 is 9.18 Å². The quantitative estimate of drug-likeness (QED) is 0.387. The fourth-order valence-corrected chi connectivity index (χ4v) is 5.07. The first-order valence-corrected chi connectivity index (χ1v) is 12.1. The van der Waals surface area contributed by atoms with Crippen LogP contribution in [0.2, 0.25) is 0 Å². The number of hydrogen-bond acceptors (Lipinski definition) is 5. The molecule has 0 bridgehead atoms. The third-order valence-electron chi connectivity index (χ3n) is 5.15. The SMILES string of the molecule is CC(SCc1nc2scc(-c3ccccc3)c2c(=O)[nH]1)C(=O)NC(C)c1ccc(F)cc1. The van der Waals surface area contributed by atoms with Gasteiger partial charge in [-0.1, -0.05) is 42.5 Å². The molecule has 8 heteroatoms. The van der Waals surface area contributed by atoms with Crippen LogP contribution in [0, 0.1) is 5.82 Å². The Balaban J connectivity index is 1.42. The smallest absolute Gasteiger partial charge is 0.260 e. The summed E-state index contributed by atoms with van der Waals surface area (Å²) in [5.41, 5.74) is 2.52. The average molecular weight is 468 g/mol. The van der Waals surface area contributed by atoms with Gasteiger partial charge in [0.25, 0.3) is 5.56 Å². The van der Waals surface area contributed by atoms with E-state index in [-0.39, 0.29) is 28.6 Å². The minimum Gasteiger partial charge on any atom is -0.349 e. The van der Waals surface area contributed by atoms with Crippen molar-refractivity contribution in [2.75, 3.05) is 0 Å². The minimum atomic E-state index is -0.345. The third-order valence-corrected chi connectivity index (χ3v) is 7.17. The van der Waals surface area contributed by atoms with E-state index in [1.165, 1.54) is 35.2 Å². The zero-order chi connectivity index (χ0) is 22.7. The first-order valence-electron chi connectivity index (χ1n) is 10.2. The number of carbonyl (C=O) groups excluding carboxylic acids is 1. The highest BCUT2D eigenvalue weighted by Crippen LogP contribution is 2.31. The first-order chi connectivity index (χ1) is 15.4. The molecule has 1 amide bonds. The number of H-pyrrole nitrogens is 1. The standard InChI is InChI=1S/C24H22FN3O2S2/c1-14(16-8-10-18(25)11-9-16)26-22(29)15(2)31-13-20-27-23(30)21-19(12-32-24(21)28-20)17-6-4-3-5-7-17/h3-12,14-15H,13H2,1-2H3,(H,26,29)(H,27,28,30). The molecular weight excluding hydrogens is 445 g/mol. The first kappa shape index (κ1) is 22.2. The van der Waals surface area contributed by atoms with Crippen LogP contribution in [0.15, 0.2) is 64.8 Å². The number of fused-ring (bicyclic) bond motifs is 1. The molecular formula is C24H22FN3O2S2. The number of aromatic nitrogens is 2. The number of rotatable bonds is 7. The fourth-order valence-electron chi connectivity index (χ4n) is 3.34. The van der Waals surface area contributed by atoms with E-state index in [1.807, 2.05) is 49.6 Å². The molecule has 2 unspecified atom stereocenters. The predicted octanol–water partition coefficient (Wildman–Crippen LogP) is 5.29. The van der Waals surface area contributed by atoms with E-state index in [9.17, 15) is 14.0 Å². The van der Waals surface area contributed by atoms with Crippen molar-refractivity contribution in [1.29, 1.82) is 0 Å². The summed E-state index contributed by atoms with van der Waals surface area (Å²) in [5, 5.41) is 5.14. The van der Waals surface area contributed by atoms with Crippen LogP contribution in [0.5, 0.6) is 0 Å². The van der Waals surface area contributed by atoms with E-state index < -0.39 is 0 Å². The molecule has 0 radical (unpaired) electrons. The van der Waals surface area contributed by atoms with Gasteiger partial charge in [0.15, 0.2) is 0 Å². The molecule has 0 saturated carbocycles. The summed E-state index contributed by atoms with van der Waals surface area (Å²) in [4.78, 5) is 33.5. The van der Waals surface area contributed by atoms with Crippen molar-refractivity contribution >= 4 is 39.2 Å². The maximum atomic E-state index is 13.1. The Morgan fingerprint density at radius 2 is 1.88 bits per heavy atom. The van der Waals surface area contributed by atoms with E-state index in [1.54, 1.807) is 12.1 Å². The number of thiophene rings is 1. The minimum absolute atomic E-state index is 0.127. The van der Waals surface area contributed by atoms with Gasteiger partial charge in [-0.05, 0) is 37.1 Å². The van der Waals surface area contributed by atoms with Crippen molar-refractivity contribution in [1.82, 2.24) is 15.3 Å². The molecule has 0 aliphatic carbocycles. The average Bonchev–Trinajstić information content (AvgIpc) is 3.23.